The number of aryl methyl sites for hydroxylation is 1. The number of sulfonamides is 1. The number of nitrogens with zero attached hydrogens (tertiary/aromatic N) is 1. The summed E-state index contributed by atoms with van der Waals surface area (Å²) in [5.41, 5.74) is 3.49. The monoisotopic (exact) mass is 537 g/mol. The lowest BCUT2D eigenvalue weighted by Crippen LogP contribution is -2.58. The van der Waals surface area contributed by atoms with Gasteiger partial charge in [-0.2, -0.15) is 0 Å². The van der Waals surface area contributed by atoms with Crippen LogP contribution in [0.25, 0.3) is 11.1 Å². The molecule has 4 aromatic carbocycles. The predicted octanol–water partition coefficient (Wildman–Crippen LogP) is 6.77. The first-order valence-corrected chi connectivity index (χ1v) is 13.7. The number of alkyl halides is 1. The zero-order valence-corrected chi connectivity index (χ0v) is 21.7. The predicted molar refractivity (Wildman–Crippen MR) is 146 cm³/mol. The van der Waals surface area contributed by atoms with Gasteiger partial charge in [-0.15, -0.1) is 0 Å². The maximum Gasteiger partial charge on any atom is 0.241 e. The first-order chi connectivity index (χ1) is 18.3. The minimum Gasteiger partial charge on any atom is -0.508 e. The van der Waals surface area contributed by atoms with Gasteiger partial charge < -0.3 is 10.2 Å². The van der Waals surface area contributed by atoms with Crippen molar-refractivity contribution in [2.75, 3.05) is 11.5 Å². The number of benzene rings is 4. The number of para-hydroxylation sites is 1. The number of anilines is 1. The molecule has 0 amide bonds. The Morgan fingerprint density at radius 1 is 0.816 bits per heavy atom. The number of hydrogen-bond acceptors (Lipinski definition) is 4. The number of hydrogen-bond donors (Lipinski definition) is 2. The molecule has 1 aliphatic heterocycles. The van der Waals surface area contributed by atoms with Crippen molar-refractivity contribution in [3.05, 3.63) is 114 Å². The summed E-state index contributed by atoms with van der Waals surface area (Å²) in [4.78, 5) is 0. The largest absolute Gasteiger partial charge is 0.508 e. The van der Waals surface area contributed by atoms with E-state index >= 15 is 0 Å². The topological polar surface area (TPSA) is 77.8 Å². The van der Waals surface area contributed by atoms with Crippen molar-refractivity contribution in [3.63, 3.8) is 0 Å². The lowest BCUT2D eigenvalue weighted by molar-refractivity contribution is 0.437. The van der Waals surface area contributed by atoms with E-state index in [-0.39, 0.29) is 17.3 Å². The molecular formula is C30H29F2NO4S. The van der Waals surface area contributed by atoms with Crippen LogP contribution in [0.5, 0.6) is 11.5 Å². The van der Waals surface area contributed by atoms with E-state index in [4.69, 9.17) is 0 Å². The molecule has 0 bridgehead atoms. The van der Waals surface area contributed by atoms with Crippen molar-refractivity contribution >= 4 is 15.7 Å². The number of phenolic OH excluding ortho intramolecular Hbond substituents is 2. The molecule has 0 spiro atoms. The Labute approximate surface area is 221 Å². The van der Waals surface area contributed by atoms with Crippen LogP contribution in [0.15, 0.2) is 97.1 Å². The number of phenols is 2. The van der Waals surface area contributed by atoms with E-state index in [0.717, 1.165) is 11.1 Å². The van der Waals surface area contributed by atoms with Crippen LogP contribution in [0.2, 0.25) is 0 Å². The van der Waals surface area contributed by atoms with Crippen LogP contribution in [0.4, 0.5) is 14.5 Å². The van der Waals surface area contributed by atoms with Crippen molar-refractivity contribution in [1.29, 1.82) is 0 Å². The van der Waals surface area contributed by atoms with Gasteiger partial charge in [0.15, 0.2) is 0 Å². The SMILES string of the molecule is CF.O=S1(=O)C(CCCc2ccc(F)cc2)C(c2ccc(-c3cccc(O)c3)cc2O)N1c1ccccc1. The van der Waals surface area contributed by atoms with Crippen LogP contribution < -0.4 is 4.31 Å². The zero-order chi connectivity index (χ0) is 27.3. The highest BCUT2D eigenvalue weighted by Crippen LogP contribution is 2.50. The second kappa shape index (κ2) is 11.6. The molecular weight excluding hydrogens is 508 g/mol. The molecule has 0 saturated carbocycles. The van der Waals surface area contributed by atoms with Crippen LogP contribution in [0.3, 0.4) is 0 Å². The summed E-state index contributed by atoms with van der Waals surface area (Å²) >= 11 is 0. The van der Waals surface area contributed by atoms with E-state index in [9.17, 15) is 27.4 Å². The first-order valence-electron chi connectivity index (χ1n) is 12.2. The average molecular weight is 538 g/mol. The van der Waals surface area contributed by atoms with Crippen molar-refractivity contribution in [2.24, 2.45) is 0 Å². The molecule has 198 valence electrons. The van der Waals surface area contributed by atoms with E-state index in [1.54, 1.807) is 66.7 Å². The Bertz CT molecular complexity index is 1480. The summed E-state index contributed by atoms with van der Waals surface area (Å²) in [6.07, 6.45) is 1.64. The first kappa shape index (κ1) is 27.1. The summed E-state index contributed by atoms with van der Waals surface area (Å²) < 4.78 is 51.0. The number of halogens is 2. The van der Waals surface area contributed by atoms with E-state index in [1.165, 1.54) is 16.4 Å². The summed E-state index contributed by atoms with van der Waals surface area (Å²) in [7, 11) is -3.13. The van der Waals surface area contributed by atoms with Crippen molar-refractivity contribution < 1.29 is 27.4 Å². The molecule has 2 N–H and O–H groups in total. The molecule has 1 aliphatic rings. The fraction of sp³-hybridized carbons (Fsp3) is 0.200. The van der Waals surface area contributed by atoms with E-state index in [1.807, 2.05) is 18.2 Å². The fourth-order valence-corrected chi connectivity index (χ4v) is 7.04. The highest BCUT2D eigenvalue weighted by atomic mass is 32.2. The van der Waals surface area contributed by atoms with Crippen molar-refractivity contribution in [2.45, 2.75) is 30.6 Å². The van der Waals surface area contributed by atoms with Crippen molar-refractivity contribution in [3.8, 4) is 22.6 Å². The molecule has 2 atom stereocenters. The van der Waals surface area contributed by atoms with Gasteiger partial charge >= 0.3 is 0 Å². The molecule has 1 fully saturated rings. The number of rotatable bonds is 7. The third kappa shape index (κ3) is 5.50. The smallest absolute Gasteiger partial charge is 0.241 e. The van der Waals surface area contributed by atoms with Gasteiger partial charge in [0, 0.05) is 5.56 Å². The Kier molecular flexibility index (Phi) is 8.32. The van der Waals surface area contributed by atoms with E-state index in [0.29, 0.717) is 43.3 Å². The van der Waals surface area contributed by atoms with Gasteiger partial charge in [0.05, 0.1) is 18.9 Å². The molecule has 5 rings (SSSR count). The Balaban J connectivity index is 0.00000164. The molecule has 0 aromatic heterocycles. The minimum absolute atomic E-state index is 0.000193. The van der Waals surface area contributed by atoms with Crippen molar-refractivity contribution in [1.82, 2.24) is 0 Å². The van der Waals surface area contributed by atoms with Gasteiger partial charge in [-0.25, -0.2) is 12.8 Å². The molecule has 5 nitrogen and oxygen atoms in total. The normalized spacial score (nSPS) is 17.7. The van der Waals surface area contributed by atoms with Gasteiger partial charge in [0.2, 0.25) is 10.0 Å². The maximum absolute atomic E-state index is 13.4. The molecule has 38 heavy (non-hydrogen) atoms. The summed E-state index contributed by atoms with van der Waals surface area (Å²) in [6.45, 7) is 0. The third-order valence-corrected chi connectivity index (χ3v) is 8.91. The van der Waals surface area contributed by atoms with Gasteiger partial charge in [0.25, 0.3) is 0 Å². The maximum atomic E-state index is 13.4. The lowest BCUT2D eigenvalue weighted by Gasteiger charge is -2.48. The highest BCUT2D eigenvalue weighted by molar-refractivity contribution is 7.95. The standard InChI is InChI=1S/C29H26FNO4S.CH3F/c30-23-15-12-20(13-16-23)6-4-11-28-29(31(36(28,34)35)24-8-2-1-3-9-24)26-17-14-22(19-27(26)33)21-7-5-10-25(32)18-21;1-2/h1-3,5,7-10,12-19,28-29,32-33H,4,6,11H2;1H3. The van der Waals surface area contributed by atoms with Crippen LogP contribution in [-0.2, 0) is 16.4 Å². The van der Waals surface area contributed by atoms with Gasteiger partial charge in [-0.3, -0.25) is 8.70 Å². The molecule has 4 aromatic rings. The Morgan fingerprint density at radius 3 is 2.16 bits per heavy atom. The second-order valence-corrected chi connectivity index (χ2v) is 11.0. The Hall–Kier alpha value is -3.91. The van der Waals surface area contributed by atoms with Gasteiger partial charge in [0.1, 0.15) is 22.6 Å². The second-order valence-electron chi connectivity index (χ2n) is 9.00. The van der Waals surface area contributed by atoms with Crippen LogP contribution >= 0.6 is 0 Å². The molecule has 1 saturated heterocycles. The van der Waals surface area contributed by atoms with E-state index in [2.05, 4.69) is 0 Å². The van der Waals surface area contributed by atoms with Gasteiger partial charge in [-0.05, 0) is 78.4 Å². The average Bonchev–Trinajstić information content (AvgIpc) is 2.92. The van der Waals surface area contributed by atoms with Gasteiger partial charge in [-0.1, -0.05) is 54.6 Å². The van der Waals surface area contributed by atoms with Crippen LogP contribution in [0, 0.1) is 5.82 Å². The summed E-state index contributed by atoms with van der Waals surface area (Å²) in [6, 6.07) is 26.5. The molecule has 0 radical (unpaired) electrons. The molecule has 8 heteroatoms. The van der Waals surface area contributed by atoms with Crippen LogP contribution in [0.1, 0.15) is 30.0 Å². The lowest BCUT2D eigenvalue weighted by atomic mass is 9.94. The van der Waals surface area contributed by atoms with Crippen LogP contribution in [-0.4, -0.2) is 31.1 Å². The third-order valence-electron chi connectivity index (χ3n) is 6.67. The van der Waals surface area contributed by atoms with E-state index < -0.39 is 21.3 Å². The molecule has 1 heterocycles. The quantitative estimate of drug-likeness (QED) is 0.273. The fourth-order valence-electron chi connectivity index (χ4n) is 4.89. The molecule has 2 unspecified atom stereocenters. The zero-order valence-electron chi connectivity index (χ0n) is 20.8. The highest BCUT2D eigenvalue weighted by Gasteiger charge is 2.54. The Morgan fingerprint density at radius 2 is 1.50 bits per heavy atom. The molecule has 0 aliphatic carbocycles. The minimum atomic E-state index is -3.63. The summed E-state index contributed by atoms with van der Waals surface area (Å²) in [5.74, 6) is -0.179. The number of aromatic hydroxyl groups is 2. The summed E-state index contributed by atoms with van der Waals surface area (Å²) in [5, 5.41) is 20.1.